The Bertz CT molecular complexity index is 559. The van der Waals surface area contributed by atoms with Gasteiger partial charge in [-0.3, -0.25) is 4.99 Å². The van der Waals surface area contributed by atoms with Gasteiger partial charge in [0.15, 0.2) is 11.8 Å². The third-order valence-corrected chi connectivity index (χ3v) is 5.42. The van der Waals surface area contributed by atoms with Crippen LogP contribution < -0.4 is 10.6 Å². The molecule has 2 aliphatic rings. The molecule has 7 heteroatoms. The van der Waals surface area contributed by atoms with Crippen molar-refractivity contribution in [3.63, 3.8) is 0 Å². The van der Waals surface area contributed by atoms with Gasteiger partial charge in [-0.05, 0) is 32.1 Å². The molecule has 1 aliphatic carbocycles. The Morgan fingerprint density at radius 2 is 2.04 bits per heavy atom. The third-order valence-electron chi connectivity index (χ3n) is 5.42. The molecular weight excluding hydrogens is 302 g/mol. The van der Waals surface area contributed by atoms with E-state index >= 15 is 0 Å². The summed E-state index contributed by atoms with van der Waals surface area (Å²) in [7, 11) is 3.81. The first-order valence-corrected chi connectivity index (χ1v) is 9.20. The van der Waals surface area contributed by atoms with Crippen LogP contribution in [0, 0.1) is 12.8 Å². The lowest BCUT2D eigenvalue weighted by Gasteiger charge is -2.21. The highest BCUT2D eigenvalue weighted by Crippen LogP contribution is 2.26. The van der Waals surface area contributed by atoms with Crippen LogP contribution in [0.5, 0.6) is 0 Å². The van der Waals surface area contributed by atoms with Crippen LogP contribution in [-0.4, -0.2) is 58.3 Å². The Morgan fingerprint density at radius 1 is 1.25 bits per heavy atom. The number of aromatic nitrogens is 3. The van der Waals surface area contributed by atoms with E-state index in [9.17, 15) is 0 Å². The fourth-order valence-corrected chi connectivity index (χ4v) is 3.83. The summed E-state index contributed by atoms with van der Waals surface area (Å²) in [5.74, 6) is 3.63. The van der Waals surface area contributed by atoms with Gasteiger partial charge < -0.3 is 20.1 Å². The first-order valence-electron chi connectivity index (χ1n) is 9.20. The predicted octanol–water partition coefficient (Wildman–Crippen LogP) is 1.05. The Morgan fingerprint density at radius 3 is 2.71 bits per heavy atom. The van der Waals surface area contributed by atoms with Gasteiger partial charge in [0.1, 0.15) is 5.82 Å². The third kappa shape index (κ3) is 4.26. The van der Waals surface area contributed by atoms with Crippen molar-refractivity contribution in [3.05, 3.63) is 11.6 Å². The monoisotopic (exact) mass is 333 g/mol. The van der Waals surface area contributed by atoms with Crippen molar-refractivity contribution in [1.82, 2.24) is 30.3 Å². The maximum atomic E-state index is 4.35. The molecule has 1 aromatic rings. The number of guanidine groups is 1. The molecule has 1 atom stereocenters. The molecule has 0 aromatic carbocycles. The predicted molar refractivity (Wildman–Crippen MR) is 95.9 cm³/mol. The lowest BCUT2D eigenvalue weighted by atomic mass is 10.1. The molecule has 0 spiro atoms. The van der Waals surface area contributed by atoms with Crippen LogP contribution in [0.2, 0.25) is 0 Å². The average Bonchev–Trinajstić information content (AvgIpc) is 3.30. The summed E-state index contributed by atoms with van der Waals surface area (Å²) in [6.07, 6.45) is 6.90. The van der Waals surface area contributed by atoms with E-state index < -0.39 is 0 Å². The van der Waals surface area contributed by atoms with Gasteiger partial charge in [0.2, 0.25) is 0 Å². The minimum atomic E-state index is 0.485. The lowest BCUT2D eigenvalue weighted by Crippen LogP contribution is -2.44. The van der Waals surface area contributed by atoms with Crippen LogP contribution in [-0.2, 0) is 13.6 Å². The molecular formula is C17H31N7. The van der Waals surface area contributed by atoms with E-state index in [0.717, 1.165) is 30.1 Å². The Balaban J connectivity index is 1.43. The minimum absolute atomic E-state index is 0.485. The number of aliphatic imine (C=N–C) groups is 1. The summed E-state index contributed by atoms with van der Waals surface area (Å²) in [6.45, 7) is 6.20. The maximum Gasteiger partial charge on any atom is 0.191 e. The van der Waals surface area contributed by atoms with E-state index in [-0.39, 0.29) is 0 Å². The van der Waals surface area contributed by atoms with Gasteiger partial charge in [-0.25, -0.2) is 0 Å². The van der Waals surface area contributed by atoms with E-state index in [1.54, 1.807) is 0 Å². The fourth-order valence-electron chi connectivity index (χ4n) is 3.83. The molecule has 134 valence electrons. The summed E-state index contributed by atoms with van der Waals surface area (Å²) in [5, 5.41) is 15.2. The minimum Gasteiger partial charge on any atom is -0.352 e. The highest BCUT2D eigenvalue weighted by atomic mass is 15.3. The van der Waals surface area contributed by atoms with E-state index in [0.29, 0.717) is 12.6 Å². The second-order valence-corrected chi connectivity index (χ2v) is 7.19. The zero-order valence-electron chi connectivity index (χ0n) is 15.3. The molecule has 7 nitrogen and oxygen atoms in total. The molecule has 1 saturated carbocycles. The van der Waals surface area contributed by atoms with Crippen LogP contribution in [0.15, 0.2) is 4.99 Å². The van der Waals surface area contributed by atoms with E-state index in [2.05, 4.69) is 30.7 Å². The second-order valence-electron chi connectivity index (χ2n) is 7.19. The normalized spacial score (nSPS) is 23.1. The molecule has 3 rings (SSSR count). The molecule has 0 radical (unpaired) electrons. The number of hydrogen-bond donors (Lipinski definition) is 2. The van der Waals surface area contributed by atoms with E-state index in [1.165, 1.54) is 45.2 Å². The topological polar surface area (TPSA) is 70.4 Å². The number of nitrogens with one attached hydrogen (secondary N) is 2. The van der Waals surface area contributed by atoms with Crippen molar-refractivity contribution >= 4 is 5.96 Å². The summed E-state index contributed by atoms with van der Waals surface area (Å²) in [4.78, 5) is 6.97. The number of aryl methyl sites for hydroxylation is 1. The van der Waals surface area contributed by atoms with Gasteiger partial charge in [-0.15, -0.1) is 10.2 Å². The fraction of sp³-hybridized carbons (Fsp3) is 0.824. The van der Waals surface area contributed by atoms with Crippen LogP contribution in [0.4, 0.5) is 0 Å². The van der Waals surface area contributed by atoms with Crippen LogP contribution in [0.25, 0.3) is 0 Å². The van der Waals surface area contributed by atoms with Gasteiger partial charge in [-0.1, -0.05) is 12.8 Å². The first kappa shape index (κ1) is 17.2. The maximum absolute atomic E-state index is 4.35. The first-order chi connectivity index (χ1) is 11.7. The second kappa shape index (κ2) is 7.96. The number of rotatable bonds is 5. The molecule has 0 bridgehead atoms. The molecule has 1 aromatic heterocycles. The molecule has 24 heavy (non-hydrogen) atoms. The average molecular weight is 333 g/mol. The van der Waals surface area contributed by atoms with Gasteiger partial charge in [0.25, 0.3) is 0 Å². The van der Waals surface area contributed by atoms with Gasteiger partial charge in [0.05, 0.1) is 6.54 Å². The van der Waals surface area contributed by atoms with Gasteiger partial charge in [-0.2, -0.15) is 0 Å². The van der Waals surface area contributed by atoms with Crippen molar-refractivity contribution in [2.45, 2.75) is 51.6 Å². The van der Waals surface area contributed by atoms with Crippen LogP contribution in [0.3, 0.4) is 0 Å². The van der Waals surface area contributed by atoms with Crippen LogP contribution >= 0.6 is 0 Å². The lowest BCUT2D eigenvalue weighted by molar-refractivity contribution is 0.275. The van der Waals surface area contributed by atoms with Crippen molar-refractivity contribution in [2.75, 3.05) is 26.7 Å². The largest absolute Gasteiger partial charge is 0.352 e. The summed E-state index contributed by atoms with van der Waals surface area (Å²) in [5.41, 5.74) is 0. The Hall–Kier alpha value is -1.63. The van der Waals surface area contributed by atoms with Crippen molar-refractivity contribution in [3.8, 4) is 0 Å². The summed E-state index contributed by atoms with van der Waals surface area (Å²) in [6, 6.07) is 0.485. The number of nitrogens with zero attached hydrogens (tertiary/aromatic N) is 5. The standard InChI is InChI=1S/C17H31N7/c1-13-21-22-16(23(13)3)10-19-17(18-2)20-15-8-9-24(12-15)11-14-6-4-5-7-14/h14-15H,4-12H2,1-3H3,(H2,18,19,20). The number of hydrogen-bond acceptors (Lipinski definition) is 4. The molecule has 1 saturated heterocycles. The molecule has 1 aliphatic heterocycles. The highest BCUT2D eigenvalue weighted by molar-refractivity contribution is 5.79. The molecule has 0 amide bonds. The molecule has 1 unspecified atom stereocenters. The molecule has 2 N–H and O–H groups in total. The quantitative estimate of drug-likeness (QED) is 0.623. The SMILES string of the molecule is CN=C(NCc1nnc(C)n1C)NC1CCN(CC2CCCC2)C1. The zero-order valence-corrected chi connectivity index (χ0v) is 15.3. The summed E-state index contributed by atoms with van der Waals surface area (Å²) < 4.78 is 2.00. The Labute approximate surface area is 144 Å². The van der Waals surface area contributed by atoms with Crippen LogP contribution in [0.1, 0.15) is 43.8 Å². The highest BCUT2D eigenvalue weighted by Gasteiger charge is 2.26. The van der Waals surface area contributed by atoms with Crippen molar-refractivity contribution in [1.29, 1.82) is 0 Å². The van der Waals surface area contributed by atoms with Gasteiger partial charge in [0, 0.05) is 39.8 Å². The Kier molecular flexibility index (Phi) is 5.71. The molecule has 2 heterocycles. The zero-order chi connectivity index (χ0) is 16.9. The van der Waals surface area contributed by atoms with Gasteiger partial charge >= 0.3 is 0 Å². The van der Waals surface area contributed by atoms with Crippen molar-refractivity contribution < 1.29 is 0 Å². The smallest absolute Gasteiger partial charge is 0.191 e. The van der Waals surface area contributed by atoms with E-state index in [1.807, 2.05) is 25.6 Å². The summed E-state index contributed by atoms with van der Waals surface area (Å²) >= 11 is 0. The number of likely N-dealkylation sites (tertiary alicyclic amines) is 1. The van der Waals surface area contributed by atoms with Crippen molar-refractivity contribution in [2.24, 2.45) is 18.0 Å². The molecule has 2 fully saturated rings. The van der Waals surface area contributed by atoms with E-state index in [4.69, 9.17) is 0 Å².